The highest BCUT2D eigenvalue weighted by Crippen LogP contribution is 2.33. The van der Waals surface area contributed by atoms with Gasteiger partial charge in [0.2, 0.25) is 0 Å². The summed E-state index contributed by atoms with van der Waals surface area (Å²) in [6, 6.07) is 17.6. The van der Waals surface area contributed by atoms with Gasteiger partial charge < -0.3 is 0 Å². The largest absolute Gasteiger partial charge is 0.291 e. The van der Waals surface area contributed by atoms with Crippen LogP contribution < -0.4 is 0 Å². The molecule has 0 N–H and O–H groups in total. The lowest BCUT2D eigenvalue weighted by Crippen LogP contribution is -2.17. The van der Waals surface area contributed by atoms with Crippen LogP contribution in [0.5, 0.6) is 0 Å². The number of hydrogen-bond acceptors (Lipinski definition) is 1. The van der Waals surface area contributed by atoms with Crippen molar-refractivity contribution in [1.82, 2.24) is 4.90 Å². The van der Waals surface area contributed by atoms with E-state index in [1.165, 1.54) is 16.7 Å². The van der Waals surface area contributed by atoms with Gasteiger partial charge in [0.15, 0.2) is 0 Å². The zero-order valence-corrected chi connectivity index (χ0v) is 12.7. The van der Waals surface area contributed by atoms with Crippen molar-refractivity contribution in [2.45, 2.75) is 45.8 Å². The Morgan fingerprint density at radius 1 is 0.900 bits per heavy atom. The first-order chi connectivity index (χ1) is 9.54. The van der Waals surface area contributed by atoms with Crippen LogP contribution in [0.1, 0.15) is 43.0 Å². The number of rotatable bonds is 2. The van der Waals surface area contributed by atoms with Crippen LogP contribution >= 0.6 is 0 Å². The molecule has 0 atom stereocenters. The number of hydrogen-bond donors (Lipinski definition) is 0. The van der Waals surface area contributed by atoms with E-state index in [4.69, 9.17) is 0 Å². The van der Waals surface area contributed by atoms with E-state index in [0.717, 1.165) is 19.6 Å². The molecule has 0 spiro atoms. The molecule has 1 heteroatoms. The van der Waals surface area contributed by atoms with Crippen molar-refractivity contribution < 1.29 is 0 Å². The van der Waals surface area contributed by atoms with Gasteiger partial charge >= 0.3 is 0 Å². The van der Waals surface area contributed by atoms with Gasteiger partial charge in [0.25, 0.3) is 0 Å². The molecule has 1 heterocycles. The predicted octanol–water partition coefficient (Wildman–Crippen LogP) is 4.50. The van der Waals surface area contributed by atoms with Crippen LogP contribution in [0, 0.1) is 0 Å². The average Bonchev–Trinajstić information content (AvgIpc) is 2.80. The Morgan fingerprint density at radius 2 is 1.65 bits per heavy atom. The molecule has 1 nitrogen and oxygen atoms in total. The summed E-state index contributed by atoms with van der Waals surface area (Å²) in [4.78, 5) is 2.54. The first-order valence-corrected chi connectivity index (χ1v) is 7.41. The predicted molar refractivity (Wildman–Crippen MR) is 84.5 cm³/mol. The Hall–Kier alpha value is -1.60. The molecular weight excluding hydrogens is 242 g/mol. The number of benzene rings is 2. The lowest BCUT2D eigenvalue weighted by Gasteiger charge is -2.22. The van der Waals surface area contributed by atoms with E-state index in [1.807, 2.05) is 0 Å². The van der Waals surface area contributed by atoms with Gasteiger partial charge in [0, 0.05) is 19.6 Å². The minimum atomic E-state index is 0.230. The van der Waals surface area contributed by atoms with Gasteiger partial charge in [-0.15, -0.1) is 0 Å². The van der Waals surface area contributed by atoms with Crippen molar-refractivity contribution >= 4 is 0 Å². The average molecular weight is 265 g/mol. The fraction of sp³-hybridized carbons (Fsp3) is 0.368. The van der Waals surface area contributed by atoms with E-state index in [-0.39, 0.29) is 5.41 Å². The maximum absolute atomic E-state index is 2.54. The van der Waals surface area contributed by atoms with E-state index < -0.39 is 0 Å². The summed E-state index contributed by atoms with van der Waals surface area (Å²) in [5.41, 5.74) is 6.20. The van der Waals surface area contributed by atoms with Crippen LogP contribution in [-0.2, 0) is 25.0 Å². The third-order valence-electron chi connectivity index (χ3n) is 4.11. The van der Waals surface area contributed by atoms with Crippen molar-refractivity contribution in [3.63, 3.8) is 0 Å². The van der Waals surface area contributed by atoms with E-state index in [0.29, 0.717) is 0 Å². The highest BCUT2D eigenvalue weighted by Gasteiger charge is 2.26. The summed E-state index contributed by atoms with van der Waals surface area (Å²) < 4.78 is 0. The van der Waals surface area contributed by atoms with Crippen molar-refractivity contribution in [3.8, 4) is 0 Å². The Bertz CT molecular complexity index is 593. The van der Waals surface area contributed by atoms with Gasteiger partial charge in [-0.1, -0.05) is 69.3 Å². The molecule has 0 fully saturated rings. The summed E-state index contributed by atoms with van der Waals surface area (Å²) in [5.74, 6) is 0. The molecule has 0 amide bonds. The summed E-state index contributed by atoms with van der Waals surface area (Å²) >= 11 is 0. The van der Waals surface area contributed by atoms with Crippen molar-refractivity contribution in [2.75, 3.05) is 0 Å². The summed E-state index contributed by atoms with van der Waals surface area (Å²) in [6.07, 6.45) is 0. The van der Waals surface area contributed by atoms with E-state index in [1.54, 1.807) is 5.56 Å². The Balaban J connectivity index is 1.82. The fourth-order valence-electron chi connectivity index (χ4n) is 3.15. The topological polar surface area (TPSA) is 3.24 Å². The van der Waals surface area contributed by atoms with Crippen molar-refractivity contribution in [1.29, 1.82) is 0 Å². The molecule has 1 aliphatic heterocycles. The van der Waals surface area contributed by atoms with E-state index >= 15 is 0 Å². The maximum Gasteiger partial charge on any atom is 0.0247 e. The molecule has 0 saturated carbocycles. The minimum Gasteiger partial charge on any atom is -0.291 e. The van der Waals surface area contributed by atoms with Crippen LogP contribution in [0.15, 0.2) is 48.5 Å². The normalized spacial score (nSPS) is 15.3. The van der Waals surface area contributed by atoms with Crippen LogP contribution in [0.3, 0.4) is 0 Å². The second-order valence-corrected chi connectivity index (χ2v) is 6.82. The van der Waals surface area contributed by atoms with E-state index in [9.17, 15) is 0 Å². The third kappa shape index (κ3) is 2.64. The van der Waals surface area contributed by atoms with Gasteiger partial charge in [0.1, 0.15) is 0 Å². The van der Waals surface area contributed by atoms with Crippen molar-refractivity contribution in [2.24, 2.45) is 0 Å². The first-order valence-electron chi connectivity index (χ1n) is 7.41. The smallest absolute Gasteiger partial charge is 0.0247 e. The standard InChI is InChI=1S/C19H23N/c1-19(2,3)18-11-7-10-16-13-20(14-17(16)18)12-15-8-5-4-6-9-15/h4-11H,12-14H2,1-3H3. The zero-order valence-electron chi connectivity index (χ0n) is 12.7. The molecule has 2 aromatic carbocycles. The SMILES string of the molecule is CC(C)(C)c1cccc2c1CN(Cc1ccccc1)C2. The molecule has 0 unspecified atom stereocenters. The highest BCUT2D eigenvalue weighted by atomic mass is 15.1. The molecule has 2 aromatic rings. The Morgan fingerprint density at radius 3 is 2.35 bits per heavy atom. The molecular formula is C19H23N. The fourth-order valence-corrected chi connectivity index (χ4v) is 3.15. The number of nitrogens with zero attached hydrogens (tertiary/aromatic N) is 1. The summed E-state index contributed by atoms with van der Waals surface area (Å²) in [5, 5.41) is 0. The van der Waals surface area contributed by atoms with Gasteiger partial charge in [0.05, 0.1) is 0 Å². The molecule has 0 aromatic heterocycles. The van der Waals surface area contributed by atoms with Crippen LogP contribution in [-0.4, -0.2) is 4.90 Å². The minimum absolute atomic E-state index is 0.230. The van der Waals surface area contributed by atoms with Crippen molar-refractivity contribution in [3.05, 3.63) is 70.8 Å². The van der Waals surface area contributed by atoms with Gasteiger partial charge in [-0.05, 0) is 27.7 Å². The molecule has 104 valence electrons. The molecule has 1 aliphatic rings. The molecule has 3 rings (SSSR count). The maximum atomic E-state index is 2.54. The van der Waals surface area contributed by atoms with E-state index in [2.05, 4.69) is 74.2 Å². The van der Waals surface area contributed by atoms with Crippen LogP contribution in [0.25, 0.3) is 0 Å². The summed E-state index contributed by atoms with van der Waals surface area (Å²) in [6.45, 7) is 10.1. The molecule has 0 radical (unpaired) electrons. The molecule has 0 saturated heterocycles. The quantitative estimate of drug-likeness (QED) is 0.772. The Kier molecular flexibility index (Phi) is 3.39. The monoisotopic (exact) mass is 265 g/mol. The Labute approximate surface area is 122 Å². The van der Waals surface area contributed by atoms with Crippen LogP contribution in [0.2, 0.25) is 0 Å². The lowest BCUT2D eigenvalue weighted by molar-refractivity contribution is 0.274. The van der Waals surface area contributed by atoms with Gasteiger partial charge in [-0.2, -0.15) is 0 Å². The third-order valence-corrected chi connectivity index (χ3v) is 4.11. The van der Waals surface area contributed by atoms with Crippen LogP contribution in [0.4, 0.5) is 0 Å². The molecule has 0 bridgehead atoms. The zero-order chi connectivity index (χ0) is 14.2. The van der Waals surface area contributed by atoms with Gasteiger partial charge in [-0.3, -0.25) is 4.90 Å². The second kappa shape index (κ2) is 5.06. The lowest BCUT2D eigenvalue weighted by atomic mass is 9.83. The second-order valence-electron chi connectivity index (χ2n) is 6.82. The first kappa shape index (κ1) is 13.4. The molecule has 20 heavy (non-hydrogen) atoms. The number of fused-ring (bicyclic) bond motifs is 1. The summed E-state index contributed by atoms with van der Waals surface area (Å²) in [7, 11) is 0. The molecule has 0 aliphatic carbocycles. The highest BCUT2D eigenvalue weighted by molar-refractivity contribution is 5.41. The van der Waals surface area contributed by atoms with Gasteiger partial charge in [-0.25, -0.2) is 0 Å².